The van der Waals surface area contributed by atoms with Gasteiger partial charge < -0.3 is 4.74 Å². The Hall–Kier alpha value is -1.86. The number of pyridine rings is 1. The fourth-order valence-electron chi connectivity index (χ4n) is 1.68. The van der Waals surface area contributed by atoms with Gasteiger partial charge in [-0.2, -0.15) is 18.7 Å². The molecule has 1 N–H and O–H groups in total. The van der Waals surface area contributed by atoms with Gasteiger partial charge >= 0.3 is 6.18 Å². The number of benzene rings is 1. The van der Waals surface area contributed by atoms with Crippen LogP contribution in [0.3, 0.4) is 0 Å². The molecule has 2 aromatic rings. The number of rotatable bonds is 5. The zero-order valence-corrected chi connectivity index (χ0v) is 10.7. The van der Waals surface area contributed by atoms with E-state index in [0.29, 0.717) is 17.0 Å². The summed E-state index contributed by atoms with van der Waals surface area (Å²) in [4.78, 5) is 8.66. The number of hydroxylamine groups is 1. The third-order valence-corrected chi connectivity index (χ3v) is 2.55. The van der Waals surface area contributed by atoms with Crippen LogP contribution in [0.25, 0.3) is 10.9 Å². The molecule has 4 nitrogen and oxygen atoms in total. The van der Waals surface area contributed by atoms with Crippen LogP contribution in [0.5, 0.6) is 5.75 Å². The Kier molecular flexibility index (Phi) is 4.41. The van der Waals surface area contributed by atoms with Crippen molar-refractivity contribution < 1.29 is 22.7 Å². The van der Waals surface area contributed by atoms with Crippen LogP contribution >= 0.6 is 0 Å². The van der Waals surface area contributed by atoms with E-state index in [1.807, 2.05) is 18.2 Å². The van der Waals surface area contributed by atoms with Crippen molar-refractivity contribution in [2.75, 3.05) is 13.7 Å². The number of methoxy groups -OCH3 is 1. The molecule has 0 fully saturated rings. The highest BCUT2D eigenvalue weighted by atomic mass is 19.4. The SMILES string of the molecule is COc1cccc2ccc(CNOCC(F)(F)F)nc12. The standard InChI is InChI=1S/C13H13F3N2O2/c1-19-11-4-2-3-9-5-6-10(18-12(9)11)7-17-20-8-13(14,15)16/h2-6,17H,7-8H2,1H3. The Balaban J connectivity index is 2.04. The molecule has 1 aromatic heterocycles. The number of halogens is 3. The lowest BCUT2D eigenvalue weighted by atomic mass is 10.2. The molecule has 0 aliphatic rings. The largest absolute Gasteiger partial charge is 0.494 e. The second-order valence-corrected chi connectivity index (χ2v) is 4.06. The number of hydrogen-bond acceptors (Lipinski definition) is 4. The number of fused-ring (bicyclic) bond motifs is 1. The Labute approximate surface area is 113 Å². The molecule has 0 spiro atoms. The minimum atomic E-state index is -4.35. The van der Waals surface area contributed by atoms with Crippen LogP contribution in [0.15, 0.2) is 30.3 Å². The molecular formula is C13H13F3N2O2. The fraction of sp³-hybridized carbons (Fsp3) is 0.308. The van der Waals surface area contributed by atoms with Crippen LogP contribution in [0, 0.1) is 0 Å². The molecule has 0 radical (unpaired) electrons. The number of ether oxygens (including phenoxy) is 1. The van der Waals surface area contributed by atoms with Crippen molar-refractivity contribution >= 4 is 10.9 Å². The van der Waals surface area contributed by atoms with Gasteiger partial charge in [0.15, 0.2) is 6.61 Å². The number of hydrogen-bond donors (Lipinski definition) is 1. The molecule has 0 amide bonds. The van der Waals surface area contributed by atoms with Gasteiger partial charge in [-0.15, -0.1) is 0 Å². The lowest BCUT2D eigenvalue weighted by Gasteiger charge is -2.09. The Morgan fingerprint density at radius 2 is 2.00 bits per heavy atom. The highest BCUT2D eigenvalue weighted by Crippen LogP contribution is 2.23. The van der Waals surface area contributed by atoms with E-state index in [2.05, 4.69) is 15.3 Å². The quantitative estimate of drug-likeness (QED) is 0.678. The summed E-state index contributed by atoms with van der Waals surface area (Å²) in [6, 6.07) is 9.03. The third kappa shape index (κ3) is 3.82. The summed E-state index contributed by atoms with van der Waals surface area (Å²) in [7, 11) is 1.54. The minimum absolute atomic E-state index is 0.0735. The molecule has 0 saturated carbocycles. The maximum absolute atomic E-state index is 11.9. The van der Waals surface area contributed by atoms with Crippen molar-refractivity contribution in [3.63, 3.8) is 0 Å². The van der Waals surface area contributed by atoms with Crippen LogP contribution in [0.2, 0.25) is 0 Å². The van der Waals surface area contributed by atoms with Gasteiger partial charge in [-0.3, -0.25) is 4.84 Å². The Morgan fingerprint density at radius 1 is 1.20 bits per heavy atom. The van der Waals surface area contributed by atoms with Gasteiger partial charge in [-0.1, -0.05) is 18.2 Å². The highest BCUT2D eigenvalue weighted by molar-refractivity contribution is 5.84. The maximum atomic E-state index is 11.9. The number of nitrogens with zero attached hydrogens (tertiary/aromatic N) is 1. The summed E-state index contributed by atoms with van der Waals surface area (Å²) in [5.74, 6) is 0.612. The molecule has 1 aromatic carbocycles. The van der Waals surface area contributed by atoms with E-state index in [-0.39, 0.29) is 6.54 Å². The van der Waals surface area contributed by atoms with E-state index in [0.717, 1.165) is 5.39 Å². The molecule has 2 rings (SSSR count). The van der Waals surface area contributed by atoms with Crippen molar-refractivity contribution in [1.82, 2.24) is 10.5 Å². The van der Waals surface area contributed by atoms with E-state index in [9.17, 15) is 13.2 Å². The molecular weight excluding hydrogens is 273 g/mol. The van der Waals surface area contributed by atoms with E-state index < -0.39 is 12.8 Å². The monoisotopic (exact) mass is 286 g/mol. The van der Waals surface area contributed by atoms with E-state index in [1.54, 1.807) is 12.1 Å². The molecule has 0 saturated heterocycles. The van der Waals surface area contributed by atoms with Gasteiger partial charge in [-0.05, 0) is 12.1 Å². The van der Waals surface area contributed by atoms with E-state index >= 15 is 0 Å². The predicted molar refractivity (Wildman–Crippen MR) is 67.1 cm³/mol. The van der Waals surface area contributed by atoms with Gasteiger partial charge in [0.2, 0.25) is 0 Å². The first-order valence-corrected chi connectivity index (χ1v) is 5.83. The Morgan fingerprint density at radius 3 is 2.70 bits per heavy atom. The number of aromatic nitrogens is 1. The van der Waals surface area contributed by atoms with Crippen molar-refractivity contribution in [3.8, 4) is 5.75 Å². The maximum Gasteiger partial charge on any atom is 0.413 e. The summed E-state index contributed by atoms with van der Waals surface area (Å²) < 4.78 is 40.9. The molecule has 7 heteroatoms. The molecule has 1 heterocycles. The first-order chi connectivity index (χ1) is 9.49. The Bertz CT molecular complexity index is 587. The topological polar surface area (TPSA) is 43.4 Å². The zero-order valence-electron chi connectivity index (χ0n) is 10.7. The van der Waals surface area contributed by atoms with E-state index in [1.165, 1.54) is 7.11 Å². The zero-order chi connectivity index (χ0) is 14.6. The summed E-state index contributed by atoms with van der Waals surface area (Å²) in [5.41, 5.74) is 3.45. The minimum Gasteiger partial charge on any atom is -0.494 e. The molecule has 0 atom stereocenters. The first kappa shape index (κ1) is 14.5. The molecule has 0 bridgehead atoms. The predicted octanol–water partition coefficient (Wildman–Crippen LogP) is 2.83. The third-order valence-electron chi connectivity index (χ3n) is 2.55. The van der Waals surface area contributed by atoms with Gasteiger partial charge in [-0.25, -0.2) is 4.98 Å². The molecule has 0 aliphatic carbocycles. The van der Waals surface area contributed by atoms with Crippen LogP contribution < -0.4 is 10.2 Å². The average Bonchev–Trinajstić information content (AvgIpc) is 2.41. The molecule has 0 aliphatic heterocycles. The lowest BCUT2D eigenvalue weighted by molar-refractivity contribution is -0.190. The van der Waals surface area contributed by atoms with E-state index in [4.69, 9.17) is 4.74 Å². The highest BCUT2D eigenvalue weighted by Gasteiger charge is 2.27. The first-order valence-electron chi connectivity index (χ1n) is 5.83. The normalized spacial score (nSPS) is 11.8. The fourth-order valence-corrected chi connectivity index (χ4v) is 1.68. The average molecular weight is 286 g/mol. The van der Waals surface area contributed by atoms with Gasteiger partial charge in [0.25, 0.3) is 0 Å². The van der Waals surface area contributed by atoms with Crippen molar-refractivity contribution in [3.05, 3.63) is 36.0 Å². The number of alkyl halides is 3. The lowest BCUT2D eigenvalue weighted by Crippen LogP contribution is -2.24. The summed E-state index contributed by atoms with van der Waals surface area (Å²) in [6.45, 7) is -1.27. The second-order valence-electron chi connectivity index (χ2n) is 4.06. The van der Waals surface area contributed by atoms with Crippen molar-refractivity contribution in [1.29, 1.82) is 0 Å². The summed E-state index contributed by atoms with van der Waals surface area (Å²) >= 11 is 0. The van der Waals surface area contributed by atoms with Crippen molar-refractivity contribution in [2.45, 2.75) is 12.7 Å². The van der Waals surface area contributed by atoms with Crippen molar-refractivity contribution in [2.24, 2.45) is 0 Å². The smallest absolute Gasteiger partial charge is 0.413 e. The van der Waals surface area contributed by atoms with Crippen LogP contribution in [0.4, 0.5) is 13.2 Å². The number of para-hydroxylation sites is 1. The number of nitrogens with one attached hydrogen (secondary N) is 1. The second kappa shape index (κ2) is 6.06. The van der Waals surface area contributed by atoms with Crippen LogP contribution in [0.1, 0.15) is 5.69 Å². The van der Waals surface area contributed by atoms with Gasteiger partial charge in [0, 0.05) is 5.39 Å². The van der Waals surface area contributed by atoms with Gasteiger partial charge in [0.1, 0.15) is 11.3 Å². The molecule has 108 valence electrons. The van der Waals surface area contributed by atoms with Crippen LogP contribution in [-0.2, 0) is 11.4 Å². The summed E-state index contributed by atoms with van der Waals surface area (Å²) in [6.07, 6.45) is -4.35. The molecule has 0 unspecified atom stereocenters. The molecule has 20 heavy (non-hydrogen) atoms. The summed E-state index contributed by atoms with van der Waals surface area (Å²) in [5, 5.41) is 0.893. The van der Waals surface area contributed by atoms with Crippen LogP contribution in [-0.4, -0.2) is 24.9 Å². The van der Waals surface area contributed by atoms with Gasteiger partial charge in [0.05, 0.1) is 19.3 Å².